The molecule has 4 N–H and O–H groups in total. The summed E-state index contributed by atoms with van der Waals surface area (Å²) in [6.07, 6.45) is -2.59. The van der Waals surface area contributed by atoms with E-state index in [-0.39, 0.29) is 12.2 Å². The van der Waals surface area contributed by atoms with E-state index in [1.807, 2.05) is 0 Å². The van der Waals surface area contributed by atoms with Crippen LogP contribution in [0.15, 0.2) is 15.8 Å². The van der Waals surface area contributed by atoms with Crippen molar-refractivity contribution in [1.82, 2.24) is 9.55 Å². The second-order valence-corrected chi connectivity index (χ2v) is 6.73. The zero-order chi connectivity index (χ0) is 20.2. The minimum atomic E-state index is -2.06. The van der Waals surface area contributed by atoms with Crippen LogP contribution in [0.1, 0.15) is 39.5 Å². The van der Waals surface area contributed by atoms with E-state index >= 15 is 0 Å². The van der Waals surface area contributed by atoms with E-state index in [1.54, 1.807) is 0 Å². The third-order valence-corrected chi connectivity index (χ3v) is 3.59. The number of ether oxygens (including phenoxy) is 2. The highest BCUT2D eigenvalue weighted by Gasteiger charge is 2.36. The van der Waals surface area contributed by atoms with E-state index in [2.05, 4.69) is 4.98 Å². The van der Waals surface area contributed by atoms with Crippen LogP contribution in [0, 0.1) is 6.92 Å². The second-order valence-electron chi connectivity index (χ2n) is 6.73. The standard InChI is InChI=1S/C16H26FN3O6/c1-8-6-20(15(24)19-12(8)22)14(16(4,5)17)26-11(10(3)21)7-25-13(23)9(2)18/h6,9-11,14,21H,7,18H2,1-5H3,(H,19,22,24)/t9-,10?,11+,14?/m0/s1. The lowest BCUT2D eigenvalue weighted by molar-refractivity contribution is -0.179. The maximum absolute atomic E-state index is 14.7. The van der Waals surface area contributed by atoms with Crippen molar-refractivity contribution in [1.29, 1.82) is 0 Å². The van der Waals surface area contributed by atoms with Crippen molar-refractivity contribution >= 4 is 5.97 Å². The summed E-state index contributed by atoms with van der Waals surface area (Å²) in [5, 5.41) is 9.88. The summed E-state index contributed by atoms with van der Waals surface area (Å²) in [6, 6.07) is -0.873. The number of H-pyrrole nitrogens is 1. The molecule has 0 bridgehead atoms. The number of alkyl halides is 1. The number of aliphatic hydroxyl groups excluding tert-OH is 1. The Balaban J connectivity index is 3.17. The van der Waals surface area contributed by atoms with Crippen LogP contribution in [0.25, 0.3) is 0 Å². The molecule has 0 saturated carbocycles. The number of esters is 1. The third kappa shape index (κ3) is 5.75. The Labute approximate surface area is 149 Å². The lowest BCUT2D eigenvalue weighted by Gasteiger charge is -2.33. The molecule has 0 amide bonds. The molecule has 1 aromatic rings. The van der Waals surface area contributed by atoms with Gasteiger partial charge in [-0.1, -0.05) is 0 Å². The Morgan fingerprint density at radius 2 is 2.00 bits per heavy atom. The minimum absolute atomic E-state index is 0.180. The van der Waals surface area contributed by atoms with E-state index in [0.717, 1.165) is 4.57 Å². The van der Waals surface area contributed by atoms with E-state index in [1.165, 1.54) is 40.8 Å². The molecule has 0 fully saturated rings. The number of hydrogen-bond donors (Lipinski definition) is 3. The number of aliphatic hydroxyl groups is 1. The van der Waals surface area contributed by atoms with Crippen molar-refractivity contribution in [3.63, 3.8) is 0 Å². The molecule has 1 aromatic heterocycles. The predicted molar refractivity (Wildman–Crippen MR) is 91.4 cm³/mol. The van der Waals surface area contributed by atoms with Crippen LogP contribution in [0.3, 0.4) is 0 Å². The molecule has 4 atom stereocenters. The van der Waals surface area contributed by atoms with Crippen LogP contribution in [0.5, 0.6) is 0 Å². The number of rotatable bonds is 8. The van der Waals surface area contributed by atoms with Crippen molar-refractivity contribution in [2.45, 2.75) is 64.8 Å². The first kappa shape index (κ1) is 22.0. The van der Waals surface area contributed by atoms with Crippen molar-refractivity contribution in [3.8, 4) is 0 Å². The van der Waals surface area contributed by atoms with Crippen molar-refractivity contribution in [3.05, 3.63) is 32.6 Å². The zero-order valence-electron chi connectivity index (χ0n) is 15.5. The number of aryl methyl sites for hydroxylation is 1. The fraction of sp³-hybridized carbons (Fsp3) is 0.688. The number of nitrogens with two attached hydrogens (primary N) is 1. The Hall–Kier alpha value is -2.04. The molecule has 10 heteroatoms. The average molecular weight is 375 g/mol. The first-order chi connectivity index (χ1) is 11.8. The number of aromatic nitrogens is 2. The first-order valence-electron chi connectivity index (χ1n) is 8.11. The number of carbonyl (C=O) groups excluding carboxylic acids is 1. The molecule has 0 aliphatic rings. The number of nitrogens with one attached hydrogen (secondary N) is 1. The third-order valence-electron chi connectivity index (χ3n) is 3.59. The van der Waals surface area contributed by atoms with Crippen molar-refractivity contribution in [2.75, 3.05) is 6.61 Å². The van der Waals surface area contributed by atoms with Gasteiger partial charge in [0, 0.05) is 11.8 Å². The molecule has 1 rings (SSSR count). The van der Waals surface area contributed by atoms with Crippen molar-refractivity contribution < 1.29 is 23.8 Å². The maximum Gasteiger partial charge on any atom is 0.330 e. The molecule has 2 unspecified atom stereocenters. The van der Waals surface area contributed by atoms with E-state index < -0.39 is 47.4 Å². The maximum atomic E-state index is 14.7. The van der Waals surface area contributed by atoms with Crippen LogP contribution in [-0.4, -0.2) is 51.2 Å². The first-order valence-corrected chi connectivity index (χ1v) is 8.11. The summed E-state index contributed by atoms with van der Waals surface area (Å²) < 4.78 is 26.1. The van der Waals surface area contributed by atoms with Gasteiger partial charge in [0.2, 0.25) is 0 Å². The van der Waals surface area contributed by atoms with Gasteiger partial charge in [0.1, 0.15) is 18.8 Å². The summed E-state index contributed by atoms with van der Waals surface area (Å²) in [5.74, 6) is -0.715. The molecule has 0 spiro atoms. The van der Waals surface area contributed by atoms with Crippen molar-refractivity contribution in [2.24, 2.45) is 5.73 Å². The van der Waals surface area contributed by atoms with E-state index in [0.29, 0.717) is 0 Å². The molecule has 26 heavy (non-hydrogen) atoms. The van der Waals surface area contributed by atoms with Gasteiger partial charge in [-0.2, -0.15) is 0 Å². The quantitative estimate of drug-likeness (QED) is 0.533. The normalized spacial score (nSPS) is 16.6. The Morgan fingerprint density at radius 1 is 1.42 bits per heavy atom. The van der Waals surface area contributed by atoms with Crippen LogP contribution >= 0.6 is 0 Å². The predicted octanol–water partition coefficient (Wildman–Crippen LogP) is -0.252. The largest absolute Gasteiger partial charge is 0.462 e. The van der Waals surface area contributed by atoms with Gasteiger partial charge in [-0.3, -0.25) is 19.1 Å². The molecular weight excluding hydrogens is 349 g/mol. The molecular formula is C16H26FN3O6. The Bertz CT molecular complexity index is 735. The smallest absolute Gasteiger partial charge is 0.330 e. The van der Waals surface area contributed by atoms with E-state index in [9.17, 15) is 23.9 Å². The van der Waals surface area contributed by atoms with Gasteiger partial charge in [-0.15, -0.1) is 0 Å². The lowest BCUT2D eigenvalue weighted by Crippen LogP contribution is -2.45. The van der Waals surface area contributed by atoms with Gasteiger partial charge in [0.05, 0.1) is 6.10 Å². The molecule has 0 aromatic carbocycles. The van der Waals surface area contributed by atoms with Gasteiger partial charge >= 0.3 is 11.7 Å². The molecule has 0 aliphatic heterocycles. The van der Waals surface area contributed by atoms with Crippen LogP contribution in [-0.2, 0) is 14.3 Å². The number of halogens is 1. The molecule has 0 radical (unpaired) electrons. The Kier molecular flexibility index (Phi) is 7.25. The summed E-state index contributed by atoms with van der Waals surface area (Å²) in [6.45, 7) is 6.22. The van der Waals surface area contributed by atoms with Gasteiger partial charge in [0.25, 0.3) is 5.56 Å². The van der Waals surface area contributed by atoms with Crippen LogP contribution < -0.4 is 17.0 Å². The number of aromatic amines is 1. The highest BCUT2D eigenvalue weighted by Crippen LogP contribution is 2.28. The number of hydrogen-bond acceptors (Lipinski definition) is 7. The molecule has 0 aliphatic carbocycles. The van der Waals surface area contributed by atoms with Gasteiger partial charge in [-0.25, -0.2) is 9.18 Å². The van der Waals surface area contributed by atoms with Crippen LogP contribution in [0.2, 0.25) is 0 Å². The molecule has 0 saturated heterocycles. The summed E-state index contributed by atoms with van der Waals surface area (Å²) in [7, 11) is 0. The summed E-state index contributed by atoms with van der Waals surface area (Å²) in [4.78, 5) is 37.2. The SMILES string of the molecule is Cc1cn(C(O[C@H](COC(=O)[C@H](C)N)C(C)O)C(C)(C)F)c(=O)[nH]c1=O. The molecule has 1 heterocycles. The number of carbonyl (C=O) groups is 1. The summed E-state index contributed by atoms with van der Waals surface area (Å²) >= 11 is 0. The highest BCUT2D eigenvalue weighted by atomic mass is 19.1. The van der Waals surface area contributed by atoms with Gasteiger partial charge in [-0.05, 0) is 34.6 Å². The lowest BCUT2D eigenvalue weighted by atomic mass is 10.1. The topological polar surface area (TPSA) is 137 Å². The Morgan fingerprint density at radius 3 is 2.46 bits per heavy atom. The fourth-order valence-corrected chi connectivity index (χ4v) is 2.07. The minimum Gasteiger partial charge on any atom is -0.462 e. The van der Waals surface area contributed by atoms with Gasteiger partial charge < -0.3 is 20.3 Å². The average Bonchev–Trinajstić information content (AvgIpc) is 2.49. The molecule has 9 nitrogen and oxygen atoms in total. The summed E-state index contributed by atoms with van der Waals surface area (Å²) in [5.41, 5.74) is 2.05. The molecule has 148 valence electrons. The number of nitrogens with zero attached hydrogens (tertiary/aromatic N) is 1. The highest BCUT2D eigenvalue weighted by molar-refractivity contribution is 5.74. The van der Waals surface area contributed by atoms with E-state index in [4.69, 9.17) is 15.2 Å². The van der Waals surface area contributed by atoms with Crippen LogP contribution in [0.4, 0.5) is 4.39 Å². The fourth-order valence-electron chi connectivity index (χ4n) is 2.07. The monoisotopic (exact) mass is 375 g/mol. The second kappa shape index (κ2) is 8.56. The zero-order valence-corrected chi connectivity index (χ0v) is 15.5. The van der Waals surface area contributed by atoms with Gasteiger partial charge in [0.15, 0.2) is 11.9 Å².